The van der Waals surface area contributed by atoms with Crippen LogP contribution in [-0.2, 0) is 19.0 Å². The van der Waals surface area contributed by atoms with Crippen molar-refractivity contribution in [1.82, 2.24) is 0 Å². The lowest BCUT2D eigenvalue weighted by molar-refractivity contribution is -0.111. The molecule has 4 heteroatoms. The fraction of sp³-hybridized carbons (Fsp3) is 0.300. The number of ketones is 1. The highest BCUT2D eigenvalue weighted by atomic mass is 16.8. The highest BCUT2D eigenvalue weighted by Crippen LogP contribution is 2.34. The molecule has 0 aromatic heterocycles. The lowest BCUT2D eigenvalue weighted by Gasteiger charge is -2.11. The molecular formula is C10H10O4. The van der Waals surface area contributed by atoms with E-state index in [1.54, 1.807) is 12.2 Å². The molecule has 0 bridgehead atoms. The van der Waals surface area contributed by atoms with Gasteiger partial charge in [0.05, 0.1) is 7.11 Å². The molecular weight excluding hydrogens is 184 g/mol. The normalized spacial score (nSPS) is 24.6. The summed E-state index contributed by atoms with van der Waals surface area (Å²) in [6, 6.07) is 0. The van der Waals surface area contributed by atoms with Gasteiger partial charge >= 0.3 is 0 Å². The molecule has 4 nitrogen and oxygen atoms in total. The zero-order valence-electron chi connectivity index (χ0n) is 7.94. The summed E-state index contributed by atoms with van der Waals surface area (Å²) in [6.45, 7) is 0. The zero-order chi connectivity index (χ0) is 10.1. The summed E-state index contributed by atoms with van der Waals surface area (Å²) in [4.78, 5) is 11.5. The second-order valence-electron chi connectivity index (χ2n) is 2.90. The quantitative estimate of drug-likeness (QED) is 0.655. The van der Waals surface area contributed by atoms with Gasteiger partial charge in [0.1, 0.15) is 5.57 Å². The number of hydrogen-bond acceptors (Lipinski definition) is 4. The van der Waals surface area contributed by atoms with Gasteiger partial charge in [0.2, 0.25) is 6.29 Å². The van der Waals surface area contributed by atoms with Crippen LogP contribution in [0, 0.1) is 0 Å². The number of hydrogen-bond donors (Lipinski definition) is 0. The van der Waals surface area contributed by atoms with Crippen LogP contribution in [0.1, 0.15) is 0 Å². The van der Waals surface area contributed by atoms with Gasteiger partial charge in [0.15, 0.2) is 5.78 Å². The Balaban J connectivity index is 2.44. The van der Waals surface area contributed by atoms with Gasteiger partial charge in [-0.1, -0.05) is 12.2 Å². The Morgan fingerprint density at radius 3 is 2.86 bits per heavy atom. The monoisotopic (exact) mass is 194 g/mol. The topological polar surface area (TPSA) is 44.8 Å². The molecule has 0 N–H and O–H groups in total. The molecule has 74 valence electrons. The molecule has 1 atom stereocenters. The summed E-state index contributed by atoms with van der Waals surface area (Å²) in [6.07, 6.45) is 4.40. The Hall–Kier alpha value is -1.55. The van der Waals surface area contributed by atoms with E-state index in [-0.39, 0.29) is 11.7 Å². The molecule has 1 unspecified atom stereocenters. The van der Waals surface area contributed by atoms with Crippen LogP contribution >= 0.6 is 0 Å². The summed E-state index contributed by atoms with van der Waals surface area (Å²) < 4.78 is 15.3. The van der Waals surface area contributed by atoms with Gasteiger partial charge in [0.25, 0.3) is 5.95 Å². The van der Waals surface area contributed by atoms with Crippen LogP contribution in [0.25, 0.3) is 0 Å². The molecule has 0 saturated carbocycles. The number of ether oxygens (including phenoxy) is 3. The van der Waals surface area contributed by atoms with Crippen molar-refractivity contribution >= 4 is 5.78 Å². The van der Waals surface area contributed by atoms with Crippen LogP contribution in [0.3, 0.4) is 0 Å². The number of allylic oxidation sites excluding steroid dienone is 3. The first-order valence-electron chi connectivity index (χ1n) is 4.18. The molecule has 0 spiro atoms. The van der Waals surface area contributed by atoms with Gasteiger partial charge in [-0.3, -0.25) is 4.79 Å². The highest BCUT2D eigenvalue weighted by Gasteiger charge is 2.36. The fourth-order valence-electron chi connectivity index (χ4n) is 1.51. The van der Waals surface area contributed by atoms with E-state index in [4.69, 9.17) is 14.2 Å². The Labute approximate surface area is 81.4 Å². The first-order chi connectivity index (χ1) is 6.77. The maximum Gasteiger partial charge on any atom is 0.293 e. The van der Waals surface area contributed by atoms with Crippen LogP contribution in [0.15, 0.2) is 35.3 Å². The molecule has 1 aliphatic carbocycles. The summed E-state index contributed by atoms with van der Waals surface area (Å²) in [7, 11) is 2.98. The van der Waals surface area contributed by atoms with E-state index in [0.29, 0.717) is 5.57 Å². The van der Waals surface area contributed by atoms with Crippen LogP contribution in [0.4, 0.5) is 0 Å². The average molecular weight is 194 g/mol. The average Bonchev–Trinajstić information content (AvgIpc) is 2.57. The molecule has 0 fully saturated rings. The number of carbonyl (C=O) groups is 1. The van der Waals surface area contributed by atoms with Crippen molar-refractivity contribution in [2.24, 2.45) is 0 Å². The molecule has 0 saturated heterocycles. The van der Waals surface area contributed by atoms with Crippen molar-refractivity contribution in [3.8, 4) is 0 Å². The molecule has 14 heavy (non-hydrogen) atoms. The maximum absolute atomic E-state index is 11.5. The predicted octanol–water partition coefficient (Wildman–Crippen LogP) is 0.912. The van der Waals surface area contributed by atoms with E-state index < -0.39 is 6.29 Å². The van der Waals surface area contributed by atoms with Gasteiger partial charge in [-0.15, -0.1) is 0 Å². The number of fused-ring (bicyclic) bond motifs is 1. The first kappa shape index (κ1) is 9.02. The number of rotatable bonds is 2. The zero-order valence-corrected chi connectivity index (χ0v) is 7.94. The smallest absolute Gasteiger partial charge is 0.293 e. The minimum Gasteiger partial charge on any atom is -0.468 e. The number of carbonyl (C=O) groups excluding carboxylic acids is 1. The summed E-state index contributed by atoms with van der Waals surface area (Å²) in [5.41, 5.74) is 1.18. The van der Waals surface area contributed by atoms with Gasteiger partial charge in [-0.2, -0.15) is 0 Å². The minimum atomic E-state index is -0.533. The summed E-state index contributed by atoms with van der Waals surface area (Å²) in [5, 5.41) is 0. The van der Waals surface area contributed by atoms with Crippen molar-refractivity contribution in [1.29, 1.82) is 0 Å². The summed E-state index contributed by atoms with van der Waals surface area (Å²) >= 11 is 0. The molecule has 0 aromatic rings. The standard InChI is InChI=1S/C10H10O4/c1-12-9-6-4-3-5-7(11)8(6)10(13-2)14-9/h3-5,9H,1-2H3. The minimum absolute atomic E-state index is 0.112. The molecule has 1 aliphatic heterocycles. The van der Waals surface area contributed by atoms with Crippen molar-refractivity contribution in [2.45, 2.75) is 6.29 Å². The molecule has 2 aliphatic rings. The number of methoxy groups -OCH3 is 2. The Morgan fingerprint density at radius 2 is 2.21 bits per heavy atom. The van der Waals surface area contributed by atoms with Crippen LogP contribution in [0.5, 0.6) is 0 Å². The Morgan fingerprint density at radius 1 is 1.43 bits per heavy atom. The molecule has 0 amide bonds. The van der Waals surface area contributed by atoms with Crippen LogP contribution in [-0.4, -0.2) is 26.3 Å². The van der Waals surface area contributed by atoms with Gasteiger partial charge in [0, 0.05) is 12.7 Å². The van der Waals surface area contributed by atoms with E-state index in [2.05, 4.69) is 0 Å². The fourth-order valence-corrected chi connectivity index (χ4v) is 1.51. The van der Waals surface area contributed by atoms with Gasteiger partial charge in [-0.25, -0.2) is 0 Å². The van der Waals surface area contributed by atoms with E-state index in [1.807, 2.05) is 0 Å². The molecule has 2 rings (SSSR count). The third kappa shape index (κ3) is 1.15. The lowest BCUT2D eigenvalue weighted by Crippen LogP contribution is -2.14. The van der Waals surface area contributed by atoms with Crippen molar-refractivity contribution in [3.05, 3.63) is 35.3 Å². The molecule has 1 heterocycles. The first-order valence-corrected chi connectivity index (χ1v) is 4.18. The SMILES string of the molecule is COC1=C2C(=O)C=CC=C2C(OC)O1. The van der Waals surface area contributed by atoms with Crippen molar-refractivity contribution < 1.29 is 19.0 Å². The highest BCUT2D eigenvalue weighted by molar-refractivity contribution is 6.09. The Kier molecular flexibility index (Phi) is 2.13. The van der Waals surface area contributed by atoms with Crippen molar-refractivity contribution in [3.63, 3.8) is 0 Å². The maximum atomic E-state index is 11.5. The Bertz CT molecular complexity index is 362. The van der Waals surface area contributed by atoms with E-state index >= 15 is 0 Å². The predicted molar refractivity (Wildman–Crippen MR) is 48.1 cm³/mol. The molecule has 0 radical (unpaired) electrons. The molecule has 0 aromatic carbocycles. The van der Waals surface area contributed by atoms with E-state index in [1.165, 1.54) is 20.3 Å². The second-order valence-corrected chi connectivity index (χ2v) is 2.90. The summed E-state index contributed by atoms with van der Waals surface area (Å²) in [5.74, 6) is 0.122. The second kappa shape index (κ2) is 3.31. The van der Waals surface area contributed by atoms with Gasteiger partial charge in [-0.05, 0) is 6.08 Å². The van der Waals surface area contributed by atoms with E-state index in [9.17, 15) is 4.79 Å². The van der Waals surface area contributed by atoms with E-state index in [0.717, 1.165) is 5.57 Å². The third-order valence-electron chi connectivity index (χ3n) is 2.13. The van der Waals surface area contributed by atoms with Crippen molar-refractivity contribution in [2.75, 3.05) is 14.2 Å². The lowest BCUT2D eigenvalue weighted by atomic mass is 9.99. The largest absolute Gasteiger partial charge is 0.468 e. The van der Waals surface area contributed by atoms with Gasteiger partial charge < -0.3 is 14.2 Å². The third-order valence-corrected chi connectivity index (χ3v) is 2.13. The van der Waals surface area contributed by atoms with Crippen LogP contribution < -0.4 is 0 Å². The van der Waals surface area contributed by atoms with Crippen LogP contribution in [0.2, 0.25) is 0 Å².